The molecule has 1 aromatic heterocycles. The Bertz CT molecular complexity index is 982. The van der Waals surface area contributed by atoms with Crippen LogP contribution in [0.4, 0.5) is 0 Å². The van der Waals surface area contributed by atoms with Gasteiger partial charge in [0.1, 0.15) is 11.3 Å². The highest BCUT2D eigenvalue weighted by Crippen LogP contribution is 2.32. The van der Waals surface area contributed by atoms with Gasteiger partial charge in [0, 0.05) is 11.7 Å². The van der Waals surface area contributed by atoms with Crippen molar-refractivity contribution in [3.63, 3.8) is 0 Å². The van der Waals surface area contributed by atoms with Gasteiger partial charge < -0.3 is 20.4 Å². The van der Waals surface area contributed by atoms with E-state index in [1.165, 1.54) is 11.1 Å². The number of nitrogens with zero attached hydrogens (tertiary/aromatic N) is 1. The molecule has 29 heavy (non-hydrogen) atoms. The van der Waals surface area contributed by atoms with Crippen LogP contribution >= 0.6 is 0 Å². The Kier molecular flexibility index (Phi) is 5.46. The summed E-state index contributed by atoms with van der Waals surface area (Å²) in [5, 5.41) is 0. The molecule has 0 bridgehead atoms. The van der Waals surface area contributed by atoms with Crippen LogP contribution in [0.2, 0.25) is 0 Å². The number of benzene rings is 1. The number of methoxy groups -OCH3 is 1. The number of primary amides is 1. The van der Waals surface area contributed by atoms with E-state index in [1.807, 2.05) is 0 Å². The molecule has 3 N–H and O–H groups in total. The smallest absolute Gasteiger partial charge is 0.261 e. The SMILES string of the molecule is COc1ccc2c(c1)CCCN(C)C(C1CCc3[nH]c(=O)c(C(N)=O)cc3C1)C2. The van der Waals surface area contributed by atoms with Gasteiger partial charge in [-0.15, -0.1) is 0 Å². The third-order valence-electron chi connectivity index (χ3n) is 6.64. The minimum Gasteiger partial charge on any atom is -0.497 e. The number of aryl methyl sites for hydroxylation is 2. The summed E-state index contributed by atoms with van der Waals surface area (Å²) < 4.78 is 5.42. The molecule has 1 aliphatic carbocycles. The summed E-state index contributed by atoms with van der Waals surface area (Å²) in [5.41, 5.74) is 9.87. The number of H-pyrrole nitrogens is 1. The van der Waals surface area contributed by atoms with Crippen molar-refractivity contribution in [1.29, 1.82) is 0 Å². The highest BCUT2D eigenvalue weighted by Gasteiger charge is 2.31. The Morgan fingerprint density at radius 1 is 1.17 bits per heavy atom. The molecule has 2 heterocycles. The number of likely N-dealkylation sites (N-methyl/N-ethyl adjacent to an activating group) is 1. The lowest BCUT2D eigenvalue weighted by atomic mass is 9.78. The molecule has 2 unspecified atom stereocenters. The number of ether oxygens (including phenoxy) is 1. The van der Waals surface area contributed by atoms with Crippen LogP contribution in [0.15, 0.2) is 29.1 Å². The van der Waals surface area contributed by atoms with Crippen molar-refractivity contribution >= 4 is 5.91 Å². The fourth-order valence-electron chi connectivity index (χ4n) is 5.00. The van der Waals surface area contributed by atoms with E-state index >= 15 is 0 Å². The summed E-state index contributed by atoms with van der Waals surface area (Å²) in [4.78, 5) is 29.0. The summed E-state index contributed by atoms with van der Waals surface area (Å²) in [5.74, 6) is 0.720. The van der Waals surface area contributed by atoms with Gasteiger partial charge in [0.2, 0.25) is 0 Å². The molecule has 1 aliphatic heterocycles. The summed E-state index contributed by atoms with van der Waals surface area (Å²) in [6.45, 7) is 1.06. The molecule has 6 nitrogen and oxygen atoms in total. The van der Waals surface area contributed by atoms with Gasteiger partial charge in [-0.2, -0.15) is 0 Å². The van der Waals surface area contributed by atoms with E-state index in [4.69, 9.17) is 10.5 Å². The van der Waals surface area contributed by atoms with E-state index in [0.717, 1.165) is 62.1 Å². The van der Waals surface area contributed by atoms with Gasteiger partial charge in [-0.3, -0.25) is 9.59 Å². The van der Waals surface area contributed by atoms with Gasteiger partial charge >= 0.3 is 0 Å². The van der Waals surface area contributed by atoms with Crippen molar-refractivity contribution in [3.8, 4) is 5.75 Å². The number of amides is 1. The van der Waals surface area contributed by atoms with E-state index in [2.05, 4.69) is 35.1 Å². The Morgan fingerprint density at radius 3 is 2.76 bits per heavy atom. The number of hydrogen-bond donors (Lipinski definition) is 2. The van der Waals surface area contributed by atoms with Gasteiger partial charge in [0.25, 0.3) is 11.5 Å². The van der Waals surface area contributed by atoms with Crippen LogP contribution in [-0.4, -0.2) is 42.5 Å². The zero-order chi connectivity index (χ0) is 20.5. The van der Waals surface area contributed by atoms with Crippen molar-refractivity contribution < 1.29 is 9.53 Å². The van der Waals surface area contributed by atoms with E-state index < -0.39 is 5.91 Å². The number of carbonyl (C=O) groups is 1. The van der Waals surface area contributed by atoms with Crippen LogP contribution in [-0.2, 0) is 25.7 Å². The molecule has 1 amide bonds. The minimum absolute atomic E-state index is 0.0628. The van der Waals surface area contributed by atoms with Crippen molar-refractivity contribution in [2.24, 2.45) is 11.7 Å². The van der Waals surface area contributed by atoms with Crippen LogP contribution in [0.1, 0.15) is 45.6 Å². The summed E-state index contributed by atoms with van der Waals surface area (Å²) in [6, 6.07) is 8.57. The zero-order valence-electron chi connectivity index (χ0n) is 17.2. The number of fused-ring (bicyclic) bond motifs is 2. The molecule has 0 saturated heterocycles. The first-order valence-corrected chi connectivity index (χ1v) is 10.4. The highest BCUT2D eigenvalue weighted by molar-refractivity contribution is 5.92. The molecular weight excluding hydrogens is 366 g/mol. The number of hydrogen-bond acceptors (Lipinski definition) is 4. The van der Waals surface area contributed by atoms with Crippen molar-refractivity contribution in [3.05, 3.63) is 62.6 Å². The van der Waals surface area contributed by atoms with Crippen LogP contribution in [0.25, 0.3) is 0 Å². The van der Waals surface area contributed by atoms with Crippen LogP contribution in [0.5, 0.6) is 5.75 Å². The summed E-state index contributed by atoms with van der Waals surface area (Å²) in [7, 11) is 3.93. The average molecular weight is 396 g/mol. The fourth-order valence-corrected chi connectivity index (χ4v) is 5.00. The average Bonchev–Trinajstić information content (AvgIpc) is 2.70. The zero-order valence-corrected chi connectivity index (χ0v) is 17.2. The molecular formula is C23H29N3O3. The lowest BCUT2D eigenvalue weighted by molar-refractivity contribution is 0.0998. The number of aromatic amines is 1. The van der Waals surface area contributed by atoms with Gasteiger partial charge in [-0.25, -0.2) is 0 Å². The van der Waals surface area contributed by atoms with E-state index in [9.17, 15) is 9.59 Å². The number of rotatable bonds is 3. The lowest BCUT2D eigenvalue weighted by Crippen LogP contribution is -2.44. The second-order valence-corrected chi connectivity index (χ2v) is 8.37. The lowest BCUT2D eigenvalue weighted by Gasteiger charge is -2.39. The monoisotopic (exact) mass is 395 g/mol. The predicted octanol–water partition coefficient (Wildman–Crippen LogP) is 2.08. The first-order chi connectivity index (χ1) is 14.0. The summed E-state index contributed by atoms with van der Waals surface area (Å²) in [6.07, 6.45) is 5.90. The van der Waals surface area contributed by atoms with Crippen LogP contribution in [0.3, 0.4) is 0 Å². The number of carbonyl (C=O) groups excluding carboxylic acids is 1. The first-order valence-electron chi connectivity index (χ1n) is 10.4. The number of nitrogens with two attached hydrogens (primary N) is 1. The van der Waals surface area contributed by atoms with Gasteiger partial charge in [0.15, 0.2) is 0 Å². The second-order valence-electron chi connectivity index (χ2n) is 8.37. The summed E-state index contributed by atoms with van der Waals surface area (Å²) >= 11 is 0. The maximum absolute atomic E-state index is 12.1. The molecule has 1 aromatic carbocycles. The van der Waals surface area contributed by atoms with Gasteiger partial charge in [0.05, 0.1) is 7.11 Å². The van der Waals surface area contributed by atoms with Gasteiger partial charge in [-0.1, -0.05) is 6.07 Å². The molecule has 4 rings (SSSR count). The third kappa shape index (κ3) is 3.94. The minimum atomic E-state index is -0.665. The van der Waals surface area contributed by atoms with Crippen LogP contribution in [0, 0.1) is 5.92 Å². The Morgan fingerprint density at radius 2 is 2.00 bits per heavy atom. The quantitative estimate of drug-likeness (QED) is 0.833. The topological polar surface area (TPSA) is 88.4 Å². The van der Waals surface area contributed by atoms with Gasteiger partial charge in [-0.05, 0) is 92.9 Å². The van der Waals surface area contributed by atoms with Crippen molar-refractivity contribution in [2.45, 2.75) is 44.6 Å². The normalized spacial score (nSPS) is 22.1. The molecule has 2 aromatic rings. The predicted molar refractivity (Wildman–Crippen MR) is 113 cm³/mol. The maximum atomic E-state index is 12.1. The third-order valence-corrected chi connectivity index (χ3v) is 6.64. The molecule has 0 radical (unpaired) electrons. The van der Waals surface area contributed by atoms with Crippen LogP contribution < -0.4 is 16.0 Å². The molecule has 0 saturated carbocycles. The molecule has 0 spiro atoms. The van der Waals surface area contributed by atoms with E-state index in [1.54, 1.807) is 13.2 Å². The molecule has 2 aliphatic rings. The molecule has 0 fully saturated rings. The molecule has 6 heteroatoms. The Hall–Kier alpha value is -2.60. The molecule has 154 valence electrons. The standard InChI is InChI=1S/C23H29N3O3/c1-26-9-3-4-14-11-18(29-2)7-5-15(14)13-21(26)16-6-8-20-17(10-16)12-19(22(24)27)23(28)25-20/h5,7,11-12,16,21H,3-4,6,8-10,13H2,1-2H3,(H2,24,27)(H,25,28). The number of aromatic nitrogens is 1. The number of pyridine rings is 1. The van der Waals surface area contributed by atoms with E-state index in [-0.39, 0.29) is 11.1 Å². The Balaban J connectivity index is 1.62. The van der Waals surface area contributed by atoms with Crippen molar-refractivity contribution in [1.82, 2.24) is 9.88 Å². The largest absolute Gasteiger partial charge is 0.497 e. The van der Waals surface area contributed by atoms with Crippen molar-refractivity contribution in [2.75, 3.05) is 20.7 Å². The number of nitrogens with one attached hydrogen (secondary N) is 1. The Labute approximate surface area is 171 Å². The molecule has 2 atom stereocenters. The maximum Gasteiger partial charge on any atom is 0.261 e. The fraction of sp³-hybridized carbons (Fsp3) is 0.478. The highest BCUT2D eigenvalue weighted by atomic mass is 16.5. The second kappa shape index (κ2) is 8.03. The first kappa shape index (κ1) is 19.7. The van der Waals surface area contributed by atoms with E-state index in [0.29, 0.717) is 12.0 Å².